The van der Waals surface area contributed by atoms with Gasteiger partial charge in [-0.25, -0.2) is 15.2 Å². The molecule has 4 aromatic carbocycles. The smallest absolute Gasteiger partial charge is 0.343 e. The van der Waals surface area contributed by atoms with Crippen LogP contribution in [0.25, 0.3) is 22.2 Å². The van der Waals surface area contributed by atoms with Gasteiger partial charge in [0.25, 0.3) is 5.91 Å². The molecule has 6 heteroatoms. The molecule has 0 aliphatic carbocycles. The predicted molar refractivity (Wildman–Crippen MR) is 140 cm³/mol. The van der Waals surface area contributed by atoms with Gasteiger partial charge in [0, 0.05) is 10.9 Å². The zero-order chi connectivity index (χ0) is 24.7. The van der Waals surface area contributed by atoms with E-state index in [0.717, 1.165) is 16.5 Å². The standard InChI is InChI=1S/C30H21N3O3/c34-29(26-19-28(22-11-3-1-4-12-22)32-27-17-8-7-16-25(26)27)33-31-20-21-10-9-15-24(18-21)36-30(35)23-13-5-2-6-14-23/h1-20H,(H,33,34). The molecule has 1 aromatic heterocycles. The molecule has 0 radical (unpaired) electrons. The van der Waals surface area contributed by atoms with Crippen LogP contribution in [0.2, 0.25) is 0 Å². The molecule has 36 heavy (non-hydrogen) atoms. The average Bonchev–Trinajstić information content (AvgIpc) is 2.93. The predicted octanol–water partition coefficient (Wildman–Crippen LogP) is 5.88. The van der Waals surface area contributed by atoms with E-state index in [1.807, 2.05) is 60.7 Å². The van der Waals surface area contributed by atoms with E-state index >= 15 is 0 Å². The molecule has 1 heterocycles. The fourth-order valence-corrected chi connectivity index (χ4v) is 3.74. The van der Waals surface area contributed by atoms with E-state index in [1.54, 1.807) is 54.6 Å². The number of carbonyl (C=O) groups is 2. The van der Waals surface area contributed by atoms with Gasteiger partial charge < -0.3 is 4.74 Å². The molecule has 0 aliphatic rings. The van der Waals surface area contributed by atoms with Crippen molar-refractivity contribution >= 4 is 29.0 Å². The molecule has 0 saturated carbocycles. The first kappa shape index (κ1) is 22.7. The highest BCUT2D eigenvalue weighted by molar-refractivity contribution is 6.07. The number of hydrogen-bond donors (Lipinski definition) is 1. The lowest BCUT2D eigenvalue weighted by Crippen LogP contribution is -2.18. The van der Waals surface area contributed by atoms with Crippen molar-refractivity contribution in [1.29, 1.82) is 0 Å². The highest BCUT2D eigenvalue weighted by Gasteiger charge is 2.13. The van der Waals surface area contributed by atoms with E-state index in [9.17, 15) is 9.59 Å². The van der Waals surface area contributed by atoms with Crippen LogP contribution in [0.5, 0.6) is 5.75 Å². The van der Waals surface area contributed by atoms with Crippen LogP contribution >= 0.6 is 0 Å². The van der Waals surface area contributed by atoms with Crippen molar-refractivity contribution < 1.29 is 14.3 Å². The summed E-state index contributed by atoms with van der Waals surface area (Å²) in [4.78, 5) is 30.1. The number of hydrazone groups is 1. The van der Waals surface area contributed by atoms with Crippen molar-refractivity contribution in [1.82, 2.24) is 10.4 Å². The van der Waals surface area contributed by atoms with Gasteiger partial charge in [0.15, 0.2) is 0 Å². The minimum atomic E-state index is -0.447. The summed E-state index contributed by atoms with van der Waals surface area (Å²) in [7, 11) is 0. The SMILES string of the molecule is O=C(Oc1cccc(C=NNC(=O)c2cc(-c3ccccc3)nc3ccccc23)c1)c1ccccc1. The molecule has 0 bridgehead atoms. The first-order valence-electron chi connectivity index (χ1n) is 11.3. The van der Waals surface area contributed by atoms with Crippen LogP contribution < -0.4 is 10.2 Å². The molecule has 174 valence electrons. The van der Waals surface area contributed by atoms with Crippen LogP contribution in [-0.4, -0.2) is 23.1 Å². The van der Waals surface area contributed by atoms with Gasteiger partial charge in [0.05, 0.1) is 28.6 Å². The van der Waals surface area contributed by atoms with Gasteiger partial charge in [-0.2, -0.15) is 5.10 Å². The number of rotatable bonds is 6. The van der Waals surface area contributed by atoms with Crippen LogP contribution in [0.3, 0.4) is 0 Å². The number of aromatic nitrogens is 1. The molecular weight excluding hydrogens is 450 g/mol. The number of amides is 1. The Morgan fingerprint density at radius 3 is 2.31 bits per heavy atom. The molecule has 0 fully saturated rings. The Morgan fingerprint density at radius 2 is 1.50 bits per heavy atom. The summed E-state index contributed by atoms with van der Waals surface area (Å²) >= 11 is 0. The first-order chi connectivity index (χ1) is 17.7. The minimum absolute atomic E-state index is 0.353. The summed E-state index contributed by atoms with van der Waals surface area (Å²) < 4.78 is 5.45. The second kappa shape index (κ2) is 10.4. The summed E-state index contributed by atoms with van der Waals surface area (Å²) in [5, 5.41) is 4.86. The van der Waals surface area contributed by atoms with E-state index in [4.69, 9.17) is 9.72 Å². The van der Waals surface area contributed by atoms with Crippen molar-refractivity contribution in [3.05, 3.63) is 132 Å². The van der Waals surface area contributed by atoms with Gasteiger partial charge in [0.2, 0.25) is 0 Å². The first-order valence-corrected chi connectivity index (χ1v) is 11.3. The lowest BCUT2D eigenvalue weighted by molar-refractivity contribution is 0.0734. The van der Waals surface area contributed by atoms with Crippen LogP contribution in [0.15, 0.2) is 120 Å². The molecule has 5 rings (SSSR count). The quantitative estimate of drug-likeness (QED) is 0.145. The third-order valence-electron chi connectivity index (χ3n) is 5.49. The van der Waals surface area contributed by atoms with Crippen LogP contribution in [-0.2, 0) is 0 Å². The largest absolute Gasteiger partial charge is 0.423 e. The maximum absolute atomic E-state index is 13.1. The zero-order valence-corrected chi connectivity index (χ0v) is 19.2. The van der Waals surface area contributed by atoms with Gasteiger partial charge in [-0.05, 0) is 42.0 Å². The molecule has 1 amide bonds. The molecule has 1 N–H and O–H groups in total. The van der Waals surface area contributed by atoms with Crippen LogP contribution in [0.1, 0.15) is 26.3 Å². The van der Waals surface area contributed by atoms with Crippen molar-refractivity contribution in [3.8, 4) is 17.0 Å². The Bertz CT molecular complexity index is 1570. The number of fused-ring (bicyclic) bond motifs is 1. The molecule has 0 saturated heterocycles. The molecular formula is C30H21N3O3. The Morgan fingerprint density at radius 1 is 0.778 bits per heavy atom. The maximum atomic E-state index is 13.1. The van der Waals surface area contributed by atoms with Crippen LogP contribution in [0.4, 0.5) is 0 Å². The highest BCUT2D eigenvalue weighted by atomic mass is 16.5. The lowest BCUT2D eigenvalue weighted by Gasteiger charge is -2.09. The molecule has 6 nitrogen and oxygen atoms in total. The molecule has 0 spiro atoms. The van der Waals surface area contributed by atoms with Gasteiger partial charge >= 0.3 is 5.97 Å². The Labute approximate surface area is 207 Å². The average molecular weight is 472 g/mol. The highest BCUT2D eigenvalue weighted by Crippen LogP contribution is 2.24. The monoisotopic (exact) mass is 471 g/mol. The molecule has 0 unspecified atom stereocenters. The van der Waals surface area contributed by atoms with E-state index < -0.39 is 5.97 Å². The van der Waals surface area contributed by atoms with Gasteiger partial charge in [-0.15, -0.1) is 0 Å². The summed E-state index contributed by atoms with van der Waals surface area (Å²) in [6.07, 6.45) is 1.50. The Balaban J connectivity index is 1.34. The van der Waals surface area contributed by atoms with E-state index in [1.165, 1.54) is 6.21 Å². The lowest BCUT2D eigenvalue weighted by atomic mass is 10.0. The third kappa shape index (κ3) is 5.18. The molecule has 0 atom stereocenters. The summed E-state index contributed by atoms with van der Waals surface area (Å²) in [5.74, 6) is -0.419. The second-order valence-corrected chi connectivity index (χ2v) is 7.97. The number of nitrogens with zero attached hydrogens (tertiary/aromatic N) is 2. The van der Waals surface area contributed by atoms with E-state index in [-0.39, 0.29) is 5.91 Å². The van der Waals surface area contributed by atoms with Crippen molar-refractivity contribution in [2.24, 2.45) is 5.10 Å². The third-order valence-corrected chi connectivity index (χ3v) is 5.49. The molecule has 0 aliphatic heterocycles. The number of nitrogens with one attached hydrogen (secondary N) is 1. The zero-order valence-electron chi connectivity index (χ0n) is 19.2. The Kier molecular flexibility index (Phi) is 6.58. The fraction of sp³-hybridized carbons (Fsp3) is 0. The normalized spacial score (nSPS) is 10.9. The minimum Gasteiger partial charge on any atom is -0.423 e. The number of pyridine rings is 1. The number of hydrogen-bond acceptors (Lipinski definition) is 5. The summed E-state index contributed by atoms with van der Waals surface area (Å²) in [6.45, 7) is 0. The van der Waals surface area contributed by atoms with Crippen molar-refractivity contribution in [3.63, 3.8) is 0 Å². The fourth-order valence-electron chi connectivity index (χ4n) is 3.74. The number of esters is 1. The molecule has 5 aromatic rings. The van der Waals surface area contributed by atoms with Crippen molar-refractivity contribution in [2.75, 3.05) is 0 Å². The van der Waals surface area contributed by atoms with Gasteiger partial charge in [-0.1, -0.05) is 78.9 Å². The maximum Gasteiger partial charge on any atom is 0.343 e. The number of ether oxygens (including phenoxy) is 1. The van der Waals surface area contributed by atoms with Gasteiger partial charge in [-0.3, -0.25) is 4.79 Å². The number of para-hydroxylation sites is 1. The Hall–Kier alpha value is -5.10. The number of carbonyl (C=O) groups excluding carboxylic acids is 2. The summed E-state index contributed by atoms with van der Waals surface area (Å²) in [5.41, 5.74) is 6.55. The topological polar surface area (TPSA) is 80.6 Å². The number of benzene rings is 4. The summed E-state index contributed by atoms with van der Waals surface area (Å²) in [6, 6.07) is 34.6. The van der Waals surface area contributed by atoms with Gasteiger partial charge in [0.1, 0.15) is 5.75 Å². The van der Waals surface area contributed by atoms with Crippen LogP contribution in [0, 0.1) is 0 Å². The second-order valence-electron chi connectivity index (χ2n) is 7.97. The van der Waals surface area contributed by atoms with E-state index in [2.05, 4.69) is 10.5 Å². The van der Waals surface area contributed by atoms with E-state index in [0.29, 0.717) is 28.1 Å². The van der Waals surface area contributed by atoms with Crippen molar-refractivity contribution in [2.45, 2.75) is 0 Å².